The molecule has 1 aromatic carbocycles. The minimum atomic E-state index is -0.649. The van der Waals surface area contributed by atoms with Crippen molar-refractivity contribution >= 4 is 10.8 Å². The largest absolute Gasteiger partial charge is 0.315 e. The van der Waals surface area contributed by atoms with E-state index in [-0.39, 0.29) is 0 Å². The Balaban J connectivity index is 2.21. The maximum Gasteiger partial charge on any atom is 0.0359 e. The van der Waals surface area contributed by atoms with Crippen molar-refractivity contribution in [2.45, 2.75) is 19.8 Å². The summed E-state index contributed by atoms with van der Waals surface area (Å²) in [6.07, 6.45) is 0. The number of benzene rings is 1. The van der Waals surface area contributed by atoms with Crippen molar-refractivity contribution in [3.05, 3.63) is 35.9 Å². The van der Waals surface area contributed by atoms with Crippen molar-refractivity contribution in [3.8, 4) is 0 Å². The average molecular weight is 239 g/mol. The Morgan fingerprint density at radius 3 is 2.62 bits per heavy atom. The lowest BCUT2D eigenvalue weighted by Crippen LogP contribution is -2.25. The SMILES string of the molecule is CCS(=O)CCNCC(C)c1ccccc1. The summed E-state index contributed by atoms with van der Waals surface area (Å²) in [5.74, 6) is 2.03. The topological polar surface area (TPSA) is 29.1 Å². The normalized spacial score (nSPS) is 14.6. The quantitative estimate of drug-likeness (QED) is 0.739. The summed E-state index contributed by atoms with van der Waals surface area (Å²) >= 11 is 0. The van der Waals surface area contributed by atoms with Crippen LogP contribution in [-0.2, 0) is 10.8 Å². The van der Waals surface area contributed by atoms with Crippen molar-refractivity contribution in [1.29, 1.82) is 0 Å². The third kappa shape index (κ3) is 4.90. The second kappa shape index (κ2) is 7.58. The highest BCUT2D eigenvalue weighted by Crippen LogP contribution is 2.12. The molecule has 0 spiro atoms. The highest BCUT2D eigenvalue weighted by atomic mass is 32.2. The number of rotatable bonds is 7. The zero-order valence-electron chi connectivity index (χ0n) is 10.1. The van der Waals surface area contributed by atoms with E-state index in [4.69, 9.17) is 0 Å². The van der Waals surface area contributed by atoms with Gasteiger partial charge < -0.3 is 5.32 Å². The molecule has 3 heteroatoms. The molecule has 0 fully saturated rings. The molecule has 0 aliphatic carbocycles. The summed E-state index contributed by atoms with van der Waals surface area (Å²) < 4.78 is 11.2. The fraction of sp³-hybridized carbons (Fsp3) is 0.538. The summed E-state index contributed by atoms with van der Waals surface area (Å²) in [5.41, 5.74) is 1.35. The van der Waals surface area contributed by atoms with Crippen LogP contribution in [0.5, 0.6) is 0 Å². The first-order chi connectivity index (χ1) is 7.74. The molecule has 2 atom stereocenters. The van der Waals surface area contributed by atoms with Crippen molar-refractivity contribution in [3.63, 3.8) is 0 Å². The summed E-state index contributed by atoms with van der Waals surface area (Å²) in [5, 5.41) is 3.36. The molecule has 0 saturated heterocycles. The van der Waals surface area contributed by atoms with E-state index in [1.54, 1.807) is 0 Å². The van der Waals surface area contributed by atoms with Gasteiger partial charge in [-0.05, 0) is 11.5 Å². The Morgan fingerprint density at radius 2 is 2.00 bits per heavy atom. The van der Waals surface area contributed by atoms with Crippen LogP contribution in [0, 0.1) is 0 Å². The molecule has 1 aromatic rings. The molecule has 0 aromatic heterocycles. The van der Waals surface area contributed by atoms with Crippen LogP contribution in [0.4, 0.5) is 0 Å². The van der Waals surface area contributed by atoms with Gasteiger partial charge in [0.15, 0.2) is 0 Å². The van der Waals surface area contributed by atoms with Gasteiger partial charge in [-0.15, -0.1) is 0 Å². The van der Waals surface area contributed by atoms with E-state index in [0.717, 1.165) is 24.6 Å². The monoisotopic (exact) mass is 239 g/mol. The zero-order valence-corrected chi connectivity index (χ0v) is 10.9. The predicted octanol–water partition coefficient (Wildman–Crippen LogP) is 2.15. The van der Waals surface area contributed by atoms with Crippen LogP contribution >= 0.6 is 0 Å². The number of hydrogen-bond acceptors (Lipinski definition) is 2. The van der Waals surface area contributed by atoms with E-state index in [9.17, 15) is 4.21 Å². The molecule has 90 valence electrons. The zero-order chi connectivity index (χ0) is 11.8. The molecule has 2 nitrogen and oxygen atoms in total. The van der Waals surface area contributed by atoms with E-state index in [1.165, 1.54) is 5.56 Å². The fourth-order valence-electron chi connectivity index (χ4n) is 1.55. The molecule has 0 aliphatic heterocycles. The minimum absolute atomic E-state index is 0.510. The Bertz CT molecular complexity index is 313. The third-order valence-corrected chi connectivity index (χ3v) is 3.95. The van der Waals surface area contributed by atoms with Crippen LogP contribution in [0.3, 0.4) is 0 Å². The first-order valence-electron chi connectivity index (χ1n) is 5.84. The van der Waals surface area contributed by atoms with Gasteiger partial charge in [0.25, 0.3) is 0 Å². The smallest absolute Gasteiger partial charge is 0.0359 e. The molecule has 0 saturated carbocycles. The van der Waals surface area contributed by atoms with Gasteiger partial charge in [-0.25, -0.2) is 0 Å². The van der Waals surface area contributed by atoms with E-state index >= 15 is 0 Å². The first-order valence-corrected chi connectivity index (χ1v) is 7.33. The summed E-state index contributed by atoms with van der Waals surface area (Å²) in [4.78, 5) is 0. The second-order valence-electron chi connectivity index (χ2n) is 3.95. The van der Waals surface area contributed by atoms with Crippen molar-refractivity contribution in [2.24, 2.45) is 0 Å². The molecule has 1 rings (SSSR count). The first kappa shape index (κ1) is 13.4. The van der Waals surface area contributed by atoms with Gasteiger partial charge in [-0.2, -0.15) is 0 Å². The Labute approximate surface area is 101 Å². The van der Waals surface area contributed by atoms with Gasteiger partial charge in [0, 0.05) is 35.4 Å². The Morgan fingerprint density at radius 1 is 1.31 bits per heavy atom. The minimum Gasteiger partial charge on any atom is -0.315 e. The Kier molecular flexibility index (Phi) is 6.34. The third-order valence-electron chi connectivity index (χ3n) is 2.65. The van der Waals surface area contributed by atoms with Gasteiger partial charge in [-0.3, -0.25) is 4.21 Å². The van der Waals surface area contributed by atoms with Crippen LogP contribution in [0.1, 0.15) is 25.3 Å². The van der Waals surface area contributed by atoms with E-state index in [2.05, 4.69) is 36.5 Å². The molecule has 2 unspecified atom stereocenters. The van der Waals surface area contributed by atoms with Crippen molar-refractivity contribution < 1.29 is 4.21 Å². The van der Waals surface area contributed by atoms with E-state index in [1.807, 2.05) is 13.0 Å². The van der Waals surface area contributed by atoms with Crippen LogP contribution < -0.4 is 5.32 Å². The van der Waals surface area contributed by atoms with Crippen LogP contribution in [0.15, 0.2) is 30.3 Å². The standard InChI is InChI=1S/C13H21NOS/c1-3-16(15)10-9-14-11-12(2)13-7-5-4-6-8-13/h4-8,12,14H,3,9-11H2,1-2H3. The predicted molar refractivity (Wildman–Crippen MR) is 71.3 cm³/mol. The maximum atomic E-state index is 11.2. The van der Waals surface area contributed by atoms with Crippen molar-refractivity contribution in [2.75, 3.05) is 24.6 Å². The van der Waals surface area contributed by atoms with Gasteiger partial charge in [0.1, 0.15) is 0 Å². The molecule has 1 N–H and O–H groups in total. The number of nitrogens with one attached hydrogen (secondary N) is 1. The lowest BCUT2D eigenvalue weighted by molar-refractivity contribution is 0.631. The molecule has 0 aliphatic rings. The number of hydrogen-bond donors (Lipinski definition) is 1. The summed E-state index contributed by atoms with van der Waals surface area (Å²) in [6.45, 7) is 5.96. The van der Waals surface area contributed by atoms with E-state index in [0.29, 0.717) is 5.92 Å². The highest BCUT2D eigenvalue weighted by Gasteiger charge is 2.03. The van der Waals surface area contributed by atoms with Gasteiger partial charge in [-0.1, -0.05) is 44.2 Å². The molecule has 16 heavy (non-hydrogen) atoms. The molecule has 0 radical (unpaired) electrons. The van der Waals surface area contributed by atoms with Crippen LogP contribution in [-0.4, -0.2) is 28.8 Å². The van der Waals surface area contributed by atoms with Gasteiger partial charge in [0.05, 0.1) is 0 Å². The summed E-state index contributed by atoms with van der Waals surface area (Å²) in [7, 11) is -0.649. The second-order valence-corrected chi connectivity index (χ2v) is 5.81. The Hall–Kier alpha value is -0.670. The molecule has 0 amide bonds. The molecule has 0 heterocycles. The van der Waals surface area contributed by atoms with Gasteiger partial charge in [0.2, 0.25) is 0 Å². The maximum absolute atomic E-state index is 11.2. The van der Waals surface area contributed by atoms with Crippen molar-refractivity contribution in [1.82, 2.24) is 5.32 Å². The van der Waals surface area contributed by atoms with Gasteiger partial charge >= 0.3 is 0 Å². The lowest BCUT2D eigenvalue weighted by Gasteiger charge is -2.12. The van der Waals surface area contributed by atoms with Crippen LogP contribution in [0.25, 0.3) is 0 Å². The molecule has 0 bridgehead atoms. The summed E-state index contributed by atoms with van der Waals surface area (Å²) in [6, 6.07) is 10.5. The molecular formula is C13H21NOS. The molecular weight excluding hydrogens is 218 g/mol. The fourth-order valence-corrected chi connectivity index (χ4v) is 2.21. The van der Waals surface area contributed by atoms with E-state index < -0.39 is 10.8 Å². The van der Waals surface area contributed by atoms with Crippen LogP contribution in [0.2, 0.25) is 0 Å². The highest BCUT2D eigenvalue weighted by molar-refractivity contribution is 7.84. The average Bonchev–Trinajstić information content (AvgIpc) is 2.35. The lowest BCUT2D eigenvalue weighted by atomic mass is 10.0.